The minimum atomic E-state index is -4.56. The van der Waals surface area contributed by atoms with Crippen LogP contribution in [0.2, 0.25) is 0 Å². The molecular weight excluding hydrogens is 365 g/mol. The number of para-hydroxylation sites is 1. The second-order valence-electron chi connectivity index (χ2n) is 7.24. The Hall–Kier alpha value is -1.69. The number of aromatic nitrogens is 2. The standard InChI is InChI=1S/C22H31F3N2O/c1-2-3-4-5-6-7-8-9-10-13-16-28-17-20-18-14-11-12-15-19(18)26-21(27-20)22(23,24)25/h11-12,14-15H,2-10,13,16-17H2,1H3. The maximum atomic E-state index is 13.0. The summed E-state index contributed by atoms with van der Waals surface area (Å²) >= 11 is 0. The van der Waals surface area contributed by atoms with Gasteiger partial charge in [-0.1, -0.05) is 82.9 Å². The van der Waals surface area contributed by atoms with E-state index < -0.39 is 12.0 Å². The SMILES string of the molecule is CCCCCCCCCCCCOCc1nc(C(F)(F)F)nc2ccccc12. The molecule has 28 heavy (non-hydrogen) atoms. The van der Waals surface area contributed by atoms with Gasteiger partial charge in [0, 0.05) is 12.0 Å². The number of hydrogen-bond acceptors (Lipinski definition) is 3. The third-order valence-electron chi connectivity index (χ3n) is 4.82. The number of rotatable bonds is 13. The molecule has 0 aliphatic carbocycles. The quantitative estimate of drug-likeness (QED) is 0.339. The Balaban J connectivity index is 1.70. The molecule has 1 heterocycles. The van der Waals surface area contributed by atoms with Gasteiger partial charge in [-0.15, -0.1) is 0 Å². The second kappa shape index (κ2) is 12.0. The zero-order chi connectivity index (χ0) is 20.2. The summed E-state index contributed by atoms with van der Waals surface area (Å²) in [5, 5.41) is 0.610. The van der Waals surface area contributed by atoms with Crippen molar-refractivity contribution >= 4 is 10.9 Å². The average Bonchev–Trinajstić information content (AvgIpc) is 2.68. The predicted molar refractivity (Wildman–Crippen MR) is 106 cm³/mol. The molecule has 0 N–H and O–H groups in total. The van der Waals surface area contributed by atoms with Gasteiger partial charge in [-0.2, -0.15) is 13.2 Å². The summed E-state index contributed by atoms with van der Waals surface area (Å²) in [6.07, 6.45) is 7.79. The van der Waals surface area contributed by atoms with Crippen LogP contribution >= 0.6 is 0 Å². The molecule has 0 radical (unpaired) electrons. The van der Waals surface area contributed by atoms with Gasteiger partial charge in [0.05, 0.1) is 17.8 Å². The number of nitrogens with zero attached hydrogens (tertiary/aromatic N) is 2. The van der Waals surface area contributed by atoms with Gasteiger partial charge >= 0.3 is 6.18 Å². The van der Waals surface area contributed by atoms with Gasteiger partial charge in [-0.3, -0.25) is 0 Å². The van der Waals surface area contributed by atoms with E-state index in [0.29, 0.717) is 23.2 Å². The number of alkyl halides is 3. The van der Waals surface area contributed by atoms with E-state index >= 15 is 0 Å². The molecule has 0 saturated carbocycles. The van der Waals surface area contributed by atoms with E-state index in [-0.39, 0.29) is 6.61 Å². The summed E-state index contributed by atoms with van der Waals surface area (Å²) in [7, 11) is 0. The highest BCUT2D eigenvalue weighted by Crippen LogP contribution is 2.28. The van der Waals surface area contributed by atoms with Gasteiger partial charge in [-0.05, 0) is 12.5 Å². The van der Waals surface area contributed by atoms with Crippen LogP contribution in [0.3, 0.4) is 0 Å². The molecule has 6 heteroatoms. The largest absolute Gasteiger partial charge is 0.451 e. The first-order valence-corrected chi connectivity index (χ1v) is 10.4. The van der Waals surface area contributed by atoms with Crippen LogP contribution in [0.15, 0.2) is 24.3 Å². The lowest BCUT2D eigenvalue weighted by Gasteiger charge is -2.11. The fourth-order valence-electron chi connectivity index (χ4n) is 3.24. The number of ether oxygens (including phenoxy) is 1. The molecule has 0 bridgehead atoms. The molecule has 0 aliphatic heterocycles. The highest BCUT2D eigenvalue weighted by Gasteiger charge is 2.35. The van der Waals surface area contributed by atoms with Crippen molar-refractivity contribution in [3.8, 4) is 0 Å². The van der Waals surface area contributed by atoms with Crippen LogP contribution in [0.25, 0.3) is 10.9 Å². The Morgan fingerprint density at radius 3 is 2.07 bits per heavy atom. The number of hydrogen-bond donors (Lipinski definition) is 0. The number of unbranched alkanes of at least 4 members (excludes halogenated alkanes) is 9. The average molecular weight is 396 g/mol. The molecule has 0 unspecified atom stereocenters. The van der Waals surface area contributed by atoms with Crippen LogP contribution in [0.5, 0.6) is 0 Å². The lowest BCUT2D eigenvalue weighted by Crippen LogP contribution is -2.13. The van der Waals surface area contributed by atoms with Gasteiger partial charge in [0.1, 0.15) is 0 Å². The Morgan fingerprint density at radius 1 is 0.821 bits per heavy atom. The maximum absolute atomic E-state index is 13.0. The van der Waals surface area contributed by atoms with Gasteiger partial charge in [0.15, 0.2) is 0 Å². The molecule has 0 aliphatic rings. The van der Waals surface area contributed by atoms with E-state index in [9.17, 15) is 13.2 Å². The molecule has 3 nitrogen and oxygen atoms in total. The van der Waals surface area contributed by atoms with Crippen molar-refractivity contribution in [2.45, 2.75) is 83.9 Å². The number of halogens is 3. The van der Waals surface area contributed by atoms with E-state index in [4.69, 9.17) is 4.74 Å². The van der Waals surface area contributed by atoms with Crippen LogP contribution in [-0.2, 0) is 17.5 Å². The lowest BCUT2D eigenvalue weighted by molar-refractivity contribution is -0.144. The molecular formula is C22H31F3N2O. The van der Waals surface area contributed by atoms with Crippen molar-refractivity contribution in [3.63, 3.8) is 0 Å². The first kappa shape index (κ1) is 22.6. The summed E-state index contributed by atoms with van der Waals surface area (Å²) in [4.78, 5) is 7.32. The Bertz CT molecular complexity index is 704. The van der Waals surface area contributed by atoms with Gasteiger partial charge < -0.3 is 4.74 Å². The number of benzene rings is 1. The minimum absolute atomic E-state index is 0.0730. The third kappa shape index (κ3) is 7.74. The summed E-state index contributed by atoms with van der Waals surface area (Å²) in [6.45, 7) is 2.84. The number of fused-ring (bicyclic) bond motifs is 1. The molecule has 0 atom stereocenters. The van der Waals surface area contributed by atoms with E-state index in [0.717, 1.165) is 12.8 Å². The van der Waals surface area contributed by atoms with Crippen molar-refractivity contribution in [1.82, 2.24) is 9.97 Å². The molecule has 2 rings (SSSR count). The molecule has 2 aromatic rings. The summed E-state index contributed by atoms with van der Waals surface area (Å²) in [6, 6.07) is 6.74. The van der Waals surface area contributed by atoms with Gasteiger partial charge in [0.2, 0.25) is 5.82 Å². The van der Waals surface area contributed by atoms with Crippen LogP contribution in [0, 0.1) is 0 Å². The van der Waals surface area contributed by atoms with E-state index in [2.05, 4.69) is 16.9 Å². The first-order chi connectivity index (χ1) is 13.5. The predicted octanol–water partition coefficient (Wildman–Crippen LogP) is 7.09. The highest BCUT2D eigenvalue weighted by atomic mass is 19.4. The lowest BCUT2D eigenvalue weighted by atomic mass is 10.1. The van der Waals surface area contributed by atoms with Crippen LogP contribution in [-0.4, -0.2) is 16.6 Å². The third-order valence-corrected chi connectivity index (χ3v) is 4.82. The van der Waals surface area contributed by atoms with Crippen LogP contribution in [0.1, 0.15) is 82.7 Å². The highest BCUT2D eigenvalue weighted by molar-refractivity contribution is 5.80. The van der Waals surface area contributed by atoms with Crippen molar-refractivity contribution in [1.29, 1.82) is 0 Å². The Morgan fingerprint density at radius 2 is 1.43 bits per heavy atom. The molecule has 0 saturated heterocycles. The zero-order valence-corrected chi connectivity index (χ0v) is 16.7. The van der Waals surface area contributed by atoms with E-state index in [1.54, 1.807) is 24.3 Å². The topological polar surface area (TPSA) is 35.0 Å². The van der Waals surface area contributed by atoms with Crippen molar-refractivity contribution in [2.24, 2.45) is 0 Å². The molecule has 156 valence electrons. The molecule has 1 aromatic heterocycles. The second-order valence-corrected chi connectivity index (χ2v) is 7.24. The van der Waals surface area contributed by atoms with Crippen LogP contribution in [0.4, 0.5) is 13.2 Å². The van der Waals surface area contributed by atoms with Crippen molar-refractivity contribution in [3.05, 3.63) is 35.8 Å². The fraction of sp³-hybridized carbons (Fsp3) is 0.636. The zero-order valence-electron chi connectivity index (χ0n) is 16.7. The van der Waals surface area contributed by atoms with E-state index in [1.807, 2.05) is 0 Å². The molecule has 1 aromatic carbocycles. The molecule has 0 amide bonds. The van der Waals surface area contributed by atoms with E-state index in [1.165, 1.54) is 51.4 Å². The van der Waals surface area contributed by atoms with Gasteiger partial charge in [0.25, 0.3) is 0 Å². The van der Waals surface area contributed by atoms with Crippen molar-refractivity contribution < 1.29 is 17.9 Å². The fourth-order valence-corrected chi connectivity index (χ4v) is 3.24. The molecule has 0 spiro atoms. The maximum Gasteiger partial charge on any atom is 0.451 e. The van der Waals surface area contributed by atoms with Crippen LogP contribution < -0.4 is 0 Å². The first-order valence-electron chi connectivity index (χ1n) is 10.4. The summed E-state index contributed by atoms with van der Waals surface area (Å²) in [5.41, 5.74) is 0.590. The summed E-state index contributed by atoms with van der Waals surface area (Å²) in [5.74, 6) is -1.11. The Labute approximate surface area is 165 Å². The summed E-state index contributed by atoms with van der Waals surface area (Å²) < 4.78 is 44.6. The monoisotopic (exact) mass is 396 g/mol. The smallest absolute Gasteiger partial charge is 0.375 e. The Kier molecular flexibility index (Phi) is 9.68. The molecule has 0 fully saturated rings. The normalized spacial score (nSPS) is 12.0. The van der Waals surface area contributed by atoms with Crippen molar-refractivity contribution in [2.75, 3.05) is 6.61 Å². The van der Waals surface area contributed by atoms with Gasteiger partial charge in [-0.25, -0.2) is 9.97 Å². The minimum Gasteiger partial charge on any atom is -0.375 e.